The van der Waals surface area contributed by atoms with Crippen molar-refractivity contribution in [2.75, 3.05) is 20.2 Å². The summed E-state index contributed by atoms with van der Waals surface area (Å²) in [5.41, 5.74) is 1.17. The summed E-state index contributed by atoms with van der Waals surface area (Å²) in [5, 5.41) is 8.24. The predicted octanol–water partition coefficient (Wildman–Crippen LogP) is 2.72. The zero-order chi connectivity index (χ0) is 18.4. The van der Waals surface area contributed by atoms with Crippen LogP contribution in [0.4, 0.5) is 0 Å². The number of piperidine rings is 1. The van der Waals surface area contributed by atoms with E-state index in [0.717, 1.165) is 56.9 Å². The quantitative estimate of drug-likeness (QED) is 0.765. The molecule has 1 aromatic carbocycles. The molecule has 0 N–H and O–H groups in total. The zero-order valence-corrected chi connectivity index (χ0v) is 15.7. The highest BCUT2D eigenvalue weighted by molar-refractivity contribution is 5.76. The third-order valence-electron chi connectivity index (χ3n) is 5.26. The van der Waals surface area contributed by atoms with Crippen molar-refractivity contribution in [3.05, 3.63) is 42.0 Å². The highest BCUT2D eigenvalue weighted by Crippen LogP contribution is 2.22. The van der Waals surface area contributed by atoms with Crippen LogP contribution in [0.1, 0.15) is 37.6 Å². The minimum absolute atomic E-state index is 0.260. The fourth-order valence-corrected chi connectivity index (χ4v) is 3.55. The number of amides is 1. The van der Waals surface area contributed by atoms with Gasteiger partial charge in [-0.25, -0.2) is 0 Å². The van der Waals surface area contributed by atoms with Gasteiger partial charge in [0.15, 0.2) is 0 Å². The Bertz CT molecular complexity index is 703. The standard InChI is InChI=1S/C20H28N4O2/c1-3-23-15-21-22-19(23)14-17-10-12-24(13-11-17)20(25)9-6-16-4-7-18(26-2)8-5-16/h4-5,7-8,15,17H,3,6,9-14H2,1-2H3. The summed E-state index contributed by atoms with van der Waals surface area (Å²) < 4.78 is 7.27. The number of hydrogen-bond donors (Lipinski definition) is 0. The van der Waals surface area contributed by atoms with E-state index >= 15 is 0 Å². The summed E-state index contributed by atoms with van der Waals surface area (Å²) in [7, 11) is 1.66. The summed E-state index contributed by atoms with van der Waals surface area (Å²) in [5.74, 6) is 2.77. The van der Waals surface area contributed by atoms with Crippen LogP contribution in [0.5, 0.6) is 5.75 Å². The van der Waals surface area contributed by atoms with Crippen molar-refractivity contribution in [2.45, 2.75) is 45.6 Å². The first-order valence-corrected chi connectivity index (χ1v) is 9.47. The minimum atomic E-state index is 0.260. The maximum absolute atomic E-state index is 12.5. The van der Waals surface area contributed by atoms with Crippen LogP contribution in [-0.2, 0) is 24.2 Å². The first-order chi connectivity index (χ1) is 12.7. The molecule has 0 unspecified atom stereocenters. The number of carbonyl (C=O) groups is 1. The molecule has 6 nitrogen and oxygen atoms in total. The Kier molecular flexibility index (Phi) is 6.26. The van der Waals surface area contributed by atoms with Gasteiger partial charge in [0.2, 0.25) is 5.91 Å². The van der Waals surface area contributed by atoms with Gasteiger partial charge in [-0.1, -0.05) is 12.1 Å². The second-order valence-corrected chi connectivity index (χ2v) is 6.91. The van der Waals surface area contributed by atoms with Crippen molar-refractivity contribution in [3.8, 4) is 5.75 Å². The fourth-order valence-electron chi connectivity index (χ4n) is 3.55. The van der Waals surface area contributed by atoms with Crippen LogP contribution >= 0.6 is 0 Å². The lowest BCUT2D eigenvalue weighted by Gasteiger charge is -2.32. The Hall–Kier alpha value is -2.37. The van der Waals surface area contributed by atoms with E-state index in [2.05, 4.69) is 21.7 Å². The molecule has 1 saturated heterocycles. The summed E-state index contributed by atoms with van der Waals surface area (Å²) in [6.07, 6.45) is 6.20. The summed E-state index contributed by atoms with van der Waals surface area (Å²) in [4.78, 5) is 14.5. The van der Waals surface area contributed by atoms with E-state index in [0.29, 0.717) is 12.3 Å². The first-order valence-electron chi connectivity index (χ1n) is 9.47. The van der Waals surface area contributed by atoms with Crippen LogP contribution in [0, 0.1) is 5.92 Å². The highest BCUT2D eigenvalue weighted by Gasteiger charge is 2.24. The van der Waals surface area contributed by atoms with Gasteiger partial charge in [0, 0.05) is 32.5 Å². The van der Waals surface area contributed by atoms with Gasteiger partial charge < -0.3 is 14.2 Å². The van der Waals surface area contributed by atoms with Gasteiger partial charge in [0.25, 0.3) is 0 Å². The van der Waals surface area contributed by atoms with Gasteiger partial charge in [-0.05, 0) is 49.8 Å². The largest absolute Gasteiger partial charge is 0.497 e. The summed E-state index contributed by atoms with van der Waals surface area (Å²) >= 11 is 0. The SMILES string of the molecule is CCn1cnnc1CC1CCN(C(=O)CCc2ccc(OC)cc2)CC1. The van der Waals surface area contributed by atoms with Gasteiger partial charge in [-0.3, -0.25) is 4.79 Å². The molecule has 6 heteroatoms. The lowest BCUT2D eigenvalue weighted by molar-refractivity contribution is -0.132. The molecule has 2 heterocycles. The van der Waals surface area contributed by atoms with Crippen molar-refractivity contribution in [1.82, 2.24) is 19.7 Å². The Labute approximate surface area is 155 Å². The Morgan fingerprint density at radius 2 is 1.96 bits per heavy atom. The lowest BCUT2D eigenvalue weighted by atomic mass is 9.93. The molecule has 0 atom stereocenters. The van der Waals surface area contributed by atoms with E-state index in [4.69, 9.17) is 4.74 Å². The number of aryl methyl sites for hydroxylation is 2. The molecule has 0 bridgehead atoms. The molecule has 26 heavy (non-hydrogen) atoms. The maximum atomic E-state index is 12.5. The third-order valence-corrected chi connectivity index (χ3v) is 5.26. The number of aromatic nitrogens is 3. The molecule has 1 aliphatic heterocycles. The van der Waals surface area contributed by atoms with E-state index in [1.807, 2.05) is 29.2 Å². The zero-order valence-electron chi connectivity index (χ0n) is 15.7. The number of benzene rings is 1. The van der Waals surface area contributed by atoms with E-state index in [-0.39, 0.29) is 5.91 Å². The van der Waals surface area contributed by atoms with E-state index < -0.39 is 0 Å². The second-order valence-electron chi connectivity index (χ2n) is 6.91. The average molecular weight is 356 g/mol. The van der Waals surface area contributed by atoms with Gasteiger partial charge in [0.1, 0.15) is 17.9 Å². The van der Waals surface area contributed by atoms with Crippen molar-refractivity contribution < 1.29 is 9.53 Å². The number of nitrogens with zero attached hydrogens (tertiary/aromatic N) is 4. The van der Waals surface area contributed by atoms with E-state index in [1.54, 1.807) is 13.4 Å². The molecule has 0 radical (unpaired) electrons. The molecule has 140 valence electrons. The van der Waals surface area contributed by atoms with Gasteiger partial charge in [0.05, 0.1) is 7.11 Å². The van der Waals surface area contributed by atoms with Crippen LogP contribution in [0.25, 0.3) is 0 Å². The molecular formula is C20H28N4O2. The molecule has 0 saturated carbocycles. The molecular weight excluding hydrogens is 328 g/mol. The Morgan fingerprint density at radius 3 is 2.62 bits per heavy atom. The summed E-state index contributed by atoms with van der Waals surface area (Å²) in [6, 6.07) is 7.95. The number of likely N-dealkylation sites (tertiary alicyclic amines) is 1. The van der Waals surface area contributed by atoms with Crippen LogP contribution in [0.3, 0.4) is 0 Å². The number of carbonyl (C=O) groups excluding carboxylic acids is 1. The molecule has 0 spiro atoms. The van der Waals surface area contributed by atoms with Gasteiger partial charge >= 0.3 is 0 Å². The molecule has 0 aliphatic carbocycles. The molecule has 1 fully saturated rings. The van der Waals surface area contributed by atoms with Crippen molar-refractivity contribution in [1.29, 1.82) is 0 Å². The molecule has 1 aliphatic rings. The van der Waals surface area contributed by atoms with Crippen LogP contribution in [-0.4, -0.2) is 45.8 Å². The highest BCUT2D eigenvalue weighted by atomic mass is 16.5. The minimum Gasteiger partial charge on any atom is -0.497 e. The number of rotatable bonds is 7. The van der Waals surface area contributed by atoms with Crippen LogP contribution in [0.15, 0.2) is 30.6 Å². The summed E-state index contributed by atoms with van der Waals surface area (Å²) in [6.45, 7) is 4.72. The van der Waals surface area contributed by atoms with Crippen molar-refractivity contribution in [3.63, 3.8) is 0 Å². The molecule has 2 aromatic rings. The topological polar surface area (TPSA) is 60.2 Å². The average Bonchev–Trinajstić information content (AvgIpc) is 3.14. The van der Waals surface area contributed by atoms with Gasteiger partial charge in [-0.15, -0.1) is 10.2 Å². The normalized spacial score (nSPS) is 15.2. The maximum Gasteiger partial charge on any atom is 0.222 e. The number of ether oxygens (including phenoxy) is 1. The molecule has 3 rings (SSSR count). The van der Waals surface area contributed by atoms with E-state index in [1.165, 1.54) is 5.56 Å². The third kappa shape index (κ3) is 4.62. The van der Waals surface area contributed by atoms with E-state index in [9.17, 15) is 4.79 Å². The van der Waals surface area contributed by atoms with Crippen LogP contribution < -0.4 is 4.74 Å². The predicted molar refractivity (Wildman–Crippen MR) is 100 cm³/mol. The smallest absolute Gasteiger partial charge is 0.222 e. The lowest BCUT2D eigenvalue weighted by Crippen LogP contribution is -2.39. The number of methoxy groups -OCH3 is 1. The fraction of sp³-hybridized carbons (Fsp3) is 0.550. The number of hydrogen-bond acceptors (Lipinski definition) is 4. The molecule has 1 aromatic heterocycles. The first kappa shape index (κ1) is 18.4. The second kappa shape index (κ2) is 8.83. The molecule has 1 amide bonds. The Morgan fingerprint density at radius 1 is 1.23 bits per heavy atom. The van der Waals surface area contributed by atoms with Crippen LogP contribution in [0.2, 0.25) is 0 Å². The van der Waals surface area contributed by atoms with Gasteiger partial charge in [-0.2, -0.15) is 0 Å². The Balaban J connectivity index is 1.43. The van der Waals surface area contributed by atoms with Crippen molar-refractivity contribution in [2.24, 2.45) is 5.92 Å². The van der Waals surface area contributed by atoms with Crippen molar-refractivity contribution >= 4 is 5.91 Å². The monoisotopic (exact) mass is 356 g/mol.